The number of hydrogen-bond donors (Lipinski definition) is 3. The van der Waals surface area contributed by atoms with Crippen molar-refractivity contribution >= 4 is 47.1 Å². The Morgan fingerprint density at radius 1 is 1.20 bits per heavy atom. The molecule has 0 radical (unpaired) electrons. The summed E-state index contributed by atoms with van der Waals surface area (Å²) in [5, 5.41) is 14.7. The highest BCUT2D eigenvalue weighted by molar-refractivity contribution is 7.99. The van der Waals surface area contributed by atoms with Crippen LogP contribution in [-0.4, -0.2) is 47.3 Å². The van der Waals surface area contributed by atoms with Gasteiger partial charge in [-0.05, 0) is 29.8 Å². The van der Waals surface area contributed by atoms with Crippen molar-refractivity contribution in [1.29, 1.82) is 0 Å². The van der Waals surface area contributed by atoms with Crippen molar-refractivity contribution in [2.45, 2.75) is 5.16 Å². The minimum atomic E-state index is -0.202. The molecule has 1 heterocycles. The van der Waals surface area contributed by atoms with Crippen LogP contribution in [0.25, 0.3) is 0 Å². The number of amides is 1. The molecular weight excluding hydrogens is 428 g/mol. The summed E-state index contributed by atoms with van der Waals surface area (Å²) in [6.07, 6.45) is 1.63. The Bertz CT molecular complexity index is 1030. The lowest BCUT2D eigenvalue weighted by Crippen LogP contribution is -2.14. The zero-order valence-corrected chi connectivity index (χ0v) is 17.8. The van der Waals surface area contributed by atoms with E-state index in [1.165, 1.54) is 18.9 Å². The van der Waals surface area contributed by atoms with Crippen LogP contribution in [0.1, 0.15) is 5.56 Å². The third-order valence-corrected chi connectivity index (χ3v) is 4.82. The zero-order valence-electron chi connectivity index (χ0n) is 16.2. The molecule has 0 aliphatic heterocycles. The maximum absolute atomic E-state index is 12.2. The van der Waals surface area contributed by atoms with Crippen LogP contribution in [-0.2, 0) is 4.79 Å². The Labute approximate surface area is 182 Å². The summed E-state index contributed by atoms with van der Waals surface area (Å²) in [6.45, 7) is 0. The molecule has 0 aliphatic carbocycles. The molecule has 2 aromatic carbocycles. The van der Waals surface area contributed by atoms with Crippen LogP contribution in [0.2, 0.25) is 5.02 Å². The van der Waals surface area contributed by atoms with Crippen molar-refractivity contribution in [3.05, 3.63) is 53.1 Å². The average Bonchev–Trinajstić information content (AvgIpc) is 3.21. The second kappa shape index (κ2) is 10.5. The Hall–Kier alpha value is -3.24. The number of halogens is 1. The number of ether oxygens (including phenoxy) is 2. The molecule has 1 amide bonds. The van der Waals surface area contributed by atoms with Crippen molar-refractivity contribution in [3.63, 3.8) is 0 Å². The first-order chi connectivity index (χ1) is 14.6. The third-order valence-electron chi connectivity index (χ3n) is 3.72. The molecule has 0 unspecified atom stereocenters. The molecule has 0 bridgehead atoms. The average molecular weight is 447 g/mol. The predicted molar refractivity (Wildman–Crippen MR) is 118 cm³/mol. The molecule has 30 heavy (non-hydrogen) atoms. The smallest absolute Gasteiger partial charge is 0.240 e. The molecule has 0 saturated carbocycles. The molecule has 0 aliphatic rings. The number of rotatable bonds is 9. The number of hydrazone groups is 1. The summed E-state index contributed by atoms with van der Waals surface area (Å²) in [5.41, 5.74) is 4.23. The Morgan fingerprint density at radius 2 is 1.97 bits per heavy atom. The van der Waals surface area contributed by atoms with Crippen molar-refractivity contribution in [1.82, 2.24) is 15.2 Å². The van der Waals surface area contributed by atoms with E-state index in [0.717, 1.165) is 5.56 Å². The monoisotopic (exact) mass is 446 g/mol. The number of methoxy groups -OCH3 is 2. The van der Waals surface area contributed by atoms with Gasteiger partial charge in [0.15, 0.2) is 11.5 Å². The van der Waals surface area contributed by atoms with E-state index < -0.39 is 0 Å². The number of nitrogens with one attached hydrogen (secondary N) is 3. The number of nitrogens with zero attached hydrogens (tertiary/aromatic N) is 3. The van der Waals surface area contributed by atoms with E-state index in [9.17, 15) is 4.79 Å². The summed E-state index contributed by atoms with van der Waals surface area (Å²) in [4.78, 5) is 16.4. The highest BCUT2D eigenvalue weighted by Crippen LogP contribution is 2.29. The number of hydrogen-bond acceptors (Lipinski definition) is 8. The molecule has 3 N–H and O–H groups in total. The van der Waals surface area contributed by atoms with Gasteiger partial charge in [0, 0.05) is 16.8 Å². The first kappa shape index (κ1) is 21.5. The van der Waals surface area contributed by atoms with E-state index in [2.05, 4.69) is 31.0 Å². The predicted octanol–water partition coefficient (Wildman–Crippen LogP) is 3.65. The van der Waals surface area contributed by atoms with Crippen LogP contribution in [0, 0.1) is 0 Å². The molecule has 3 aromatic rings. The molecule has 156 valence electrons. The second-order valence-electron chi connectivity index (χ2n) is 5.79. The number of aromatic nitrogens is 3. The standard InChI is InChI=1S/C19H19ClN6O3S/c1-28-15-8-7-14(9-16(15)29-2)22-17(27)11-30-19-23-18(25-26-19)24-21-10-12-3-5-13(20)6-4-12/h3-10H,11H2,1-2H3,(H,22,27)(H2,23,24,25,26)/b21-10-. The van der Waals surface area contributed by atoms with E-state index in [0.29, 0.717) is 33.3 Å². The highest BCUT2D eigenvalue weighted by Gasteiger charge is 2.10. The number of aromatic amines is 1. The topological polar surface area (TPSA) is 114 Å². The van der Waals surface area contributed by atoms with Crippen LogP contribution in [0.15, 0.2) is 52.7 Å². The van der Waals surface area contributed by atoms with E-state index in [-0.39, 0.29) is 11.7 Å². The van der Waals surface area contributed by atoms with Crippen LogP contribution in [0.4, 0.5) is 11.6 Å². The first-order valence-electron chi connectivity index (χ1n) is 8.69. The van der Waals surface area contributed by atoms with Gasteiger partial charge in [-0.15, -0.1) is 5.10 Å². The van der Waals surface area contributed by atoms with E-state index in [1.807, 2.05) is 12.1 Å². The van der Waals surface area contributed by atoms with Crippen LogP contribution in [0.3, 0.4) is 0 Å². The Morgan fingerprint density at radius 3 is 2.70 bits per heavy atom. The summed E-state index contributed by atoms with van der Waals surface area (Å²) in [6, 6.07) is 12.4. The molecule has 0 fully saturated rings. The van der Waals surface area contributed by atoms with Gasteiger partial charge < -0.3 is 14.8 Å². The fraction of sp³-hybridized carbons (Fsp3) is 0.158. The van der Waals surface area contributed by atoms with E-state index in [1.54, 1.807) is 43.7 Å². The van der Waals surface area contributed by atoms with Gasteiger partial charge >= 0.3 is 0 Å². The van der Waals surface area contributed by atoms with Gasteiger partial charge in [-0.2, -0.15) is 10.1 Å². The van der Waals surface area contributed by atoms with Crippen molar-refractivity contribution in [3.8, 4) is 11.5 Å². The third kappa shape index (κ3) is 6.13. The lowest BCUT2D eigenvalue weighted by Gasteiger charge is -2.10. The number of benzene rings is 2. The highest BCUT2D eigenvalue weighted by atomic mass is 35.5. The normalized spacial score (nSPS) is 10.8. The number of anilines is 2. The van der Waals surface area contributed by atoms with Crippen LogP contribution < -0.4 is 20.2 Å². The summed E-state index contributed by atoms with van der Waals surface area (Å²) < 4.78 is 10.4. The minimum absolute atomic E-state index is 0.139. The Balaban J connectivity index is 1.47. The number of H-pyrrole nitrogens is 1. The number of carbonyl (C=O) groups is 1. The lowest BCUT2D eigenvalue weighted by atomic mass is 10.2. The van der Waals surface area contributed by atoms with Crippen molar-refractivity contribution < 1.29 is 14.3 Å². The molecule has 9 nitrogen and oxygen atoms in total. The largest absolute Gasteiger partial charge is 0.493 e. The van der Waals surface area contributed by atoms with Gasteiger partial charge in [-0.25, -0.2) is 10.5 Å². The quantitative estimate of drug-likeness (QED) is 0.261. The van der Waals surface area contributed by atoms with Crippen LogP contribution >= 0.6 is 23.4 Å². The maximum Gasteiger partial charge on any atom is 0.240 e. The van der Waals surface area contributed by atoms with Gasteiger partial charge in [0.05, 0.1) is 26.2 Å². The fourth-order valence-corrected chi connectivity index (χ4v) is 3.04. The fourth-order valence-electron chi connectivity index (χ4n) is 2.32. The second-order valence-corrected chi connectivity index (χ2v) is 7.17. The maximum atomic E-state index is 12.2. The van der Waals surface area contributed by atoms with E-state index >= 15 is 0 Å². The molecule has 11 heteroatoms. The van der Waals surface area contributed by atoms with Crippen LogP contribution in [0.5, 0.6) is 11.5 Å². The molecule has 1 aromatic heterocycles. The van der Waals surface area contributed by atoms with Gasteiger partial charge in [-0.3, -0.25) is 4.79 Å². The van der Waals surface area contributed by atoms with Crippen molar-refractivity contribution in [2.24, 2.45) is 5.10 Å². The van der Waals surface area contributed by atoms with Gasteiger partial charge in [0.2, 0.25) is 17.0 Å². The molecule has 3 rings (SSSR count). The first-order valence-corrected chi connectivity index (χ1v) is 10.1. The zero-order chi connectivity index (χ0) is 21.3. The summed E-state index contributed by atoms with van der Waals surface area (Å²) >= 11 is 7.03. The van der Waals surface area contributed by atoms with Gasteiger partial charge in [0.25, 0.3) is 0 Å². The molecule has 0 spiro atoms. The minimum Gasteiger partial charge on any atom is -0.493 e. The van der Waals surface area contributed by atoms with E-state index in [4.69, 9.17) is 21.1 Å². The number of carbonyl (C=O) groups excluding carboxylic acids is 1. The van der Waals surface area contributed by atoms with Gasteiger partial charge in [0.1, 0.15) is 0 Å². The number of thioether (sulfide) groups is 1. The summed E-state index contributed by atoms with van der Waals surface area (Å²) in [7, 11) is 3.09. The Kier molecular flexibility index (Phi) is 7.52. The van der Waals surface area contributed by atoms with Gasteiger partial charge in [-0.1, -0.05) is 35.5 Å². The summed E-state index contributed by atoms with van der Waals surface area (Å²) in [5.74, 6) is 1.42. The molecular formula is C19H19ClN6O3S. The lowest BCUT2D eigenvalue weighted by molar-refractivity contribution is -0.113. The SMILES string of the molecule is COc1ccc(NC(=O)CSc2n[nH]c(N/N=C\c3ccc(Cl)cc3)n2)cc1OC. The van der Waals surface area contributed by atoms with Crippen molar-refractivity contribution in [2.75, 3.05) is 30.7 Å². The molecule has 0 atom stereocenters. The molecule has 0 saturated heterocycles.